The van der Waals surface area contributed by atoms with Gasteiger partial charge in [0.1, 0.15) is 0 Å². The number of hydrogen-bond acceptors (Lipinski definition) is 1. The van der Waals surface area contributed by atoms with E-state index in [0.29, 0.717) is 5.88 Å². The molecule has 0 N–H and O–H groups in total. The Bertz CT molecular complexity index is 477. The van der Waals surface area contributed by atoms with E-state index in [-0.39, 0.29) is 0 Å². The third-order valence-electron chi connectivity index (χ3n) is 2.29. The molecule has 4 heteroatoms. The number of imidazole rings is 1. The second-order valence-corrected chi connectivity index (χ2v) is 3.96. The number of aromatic nitrogens is 2. The van der Waals surface area contributed by atoms with Gasteiger partial charge in [0.2, 0.25) is 0 Å². The Morgan fingerprint density at radius 3 is 2.87 bits per heavy atom. The maximum Gasteiger partial charge on any atom is 0.0995 e. The van der Waals surface area contributed by atoms with E-state index in [9.17, 15) is 0 Å². The zero-order valence-corrected chi connectivity index (χ0v) is 9.76. The lowest BCUT2D eigenvalue weighted by Gasteiger charge is -2.07. The Morgan fingerprint density at radius 2 is 2.20 bits per heavy atom. The van der Waals surface area contributed by atoms with E-state index in [1.54, 1.807) is 6.33 Å². The average Bonchev–Trinajstić information content (AvgIpc) is 2.70. The fraction of sp³-hybridized carbons (Fsp3) is 0.182. The van der Waals surface area contributed by atoms with Gasteiger partial charge < -0.3 is 4.57 Å². The Labute approximate surface area is 98.5 Å². The van der Waals surface area contributed by atoms with Crippen LogP contribution in [0.4, 0.5) is 0 Å². The lowest BCUT2D eigenvalue weighted by molar-refractivity contribution is 1.04. The highest BCUT2D eigenvalue weighted by Crippen LogP contribution is 2.22. The Hall–Kier alpha value is -0.990. The molecule has 2 aromatic rings. The topological polar surface area (TPSA) is 17.8 Å². The van der Waals surface area contributed by atoms with E-state index in [1.165, 1.54) is 0 Å². The van der Waals surface area contributed by atoms with Gasteiger partial charge in [0, 0.05) is 11.2 Å². The largest absolute Gasteiger partial charge is 0.306 e. The number of benzene rings is 1. The first-order valence-corrected chi connectivity index (χ1v) is 5.48. The normalized spacial score (nSPS) is 10.6. The Balaban J connectivity index is 2.49. The van der Waals surface area contributed by atoms with Crippen LogP contribution in [0.5, 0.6) is 0 Å². The van der Waals surface area contributed by atoms with Crippen LogP contribution in [0.3, 0.4) is 0 Å². The molecule has 2 rings (SSSR count). The van der Waals surface area contributed by atoms with Gasteiger partial charge in [-0.1, -0.05) is 17.7 Å². The summed E-state index contributed by atoms with van der Waals surface area (Å²) in [5, 5.41) is 0.758. The van der Waals surface area contributed by atoms with E-state index >= 15 is 0 Å². The van der Waals surface area contributed by atoms with Crippen molar-refractivity contribution in [1.82, 2.24) is 9.55 Å². The van der Waals surface area contributed by atoms with Gasteiger partial charge in [0.15, 0.2) is 0 Å². The monoisotopic (exact) mass is 240 g/mol. The van der Waals surface area contributed by atoms with Crippen LogP contribution in [0.25, 0.3) is 5.69 Å². The van der Waals surface area contributed by atoms with E-state index in [1.807, 2.05) is 35.9 Å². The molecule has 1 aromatic carbocycles. The SMILES string of the molecule is Cc1c(Cl)cccc1-n1cnc(CCl)c1. The zero-order valence-electron chi connectivity index (χ0n) is 8.24. The van der Waals surface area contributed by atoms with Crippen molar-refractivity contribution in [2.75, 3.05) is 0 Å². The summed E-state index contributed by atoms with van der Waals surface area (Å²) in [6.07, 6.45) is 3.65. The molecule has 0 radical (unpaired) electrons. The van der Waals surface area contributed by atoms with Crippen molar-refractivity contribution in [3.05, 3.63) is 47.0 Å². The Kier molecular flexibility index (Phi) is 2.98. The van der Waals surface area contributed by atoms with E-state index in [0.717, 1.165) is 22.0 Å². The molecule has 0 saturated carbocycles. The maximum atomic E-state index is 6.04. The van der Waals surface area contributed by atoms with E-state index in [2.05, 4.69) is 4.98 Å². The molecule has 0 saturated heterocycles. The molecule has 1 aromatic heterocycles. The standard InChI is InChI=1S/C11H10Cl2N2/c1-8-10(13)3-2-4-11(8)15-6-9(5-12)14-7-15/h2-4,6-7H,5H2,1H3. The van der Waals surface area contributed by atoms with Crippen LogP contribution in [-0.4, -0.2) is 9.55 Å². The highest BCUT2D eigenvalue weighted by Gasteiger charge is 2.05. The summed E-state index contributed by atoms with van der Waals surface area (Å²) in [6.45, 7) is 1.98. The van der Waals surface area contributed by atoms with Crippen molar-refractivity contribution in [2.45, 2.75) is 12.8 Å². The number of nitrogens with zero attached hydrogens (tertiary/aromatic N) is 2. The van der Waals surface area contributed by atoms with E-state index < -0.39 is 0 Å². The minimum atomic E-state index is 0.423. The summed E-state index contributed by atoms with van der Waals surface area (Å²) in [5.41, 5.74) is 2.93. The lowest BCUT2D eigenvalue weighted by Crippen LogP contribution is -1.93. The van der Waals surface area contributed by atoms with Gasteiger partial charge in [-0.2, -0.15) is 0 Å². The quantitative estimate of drug-likeness (QED) is 0.735. The summed E-state index contributed by atoms with van der Waals surface area (Å²) in [4.78, 5) is 4.17. The van der Waals surface area contributed by atoms with E-state index in [4.69, 9.17) is 23.2 Å². The van der Waals surface area contributed by atoms with Crippen LogP contribution >= 0.6 is 23.2 Å². The van der Waals surface area contributed by atoms with Crippen LogP contribution < -0.4 is 0 Å². The zero-order chi connectivity index (χ0) is 10.8. The van der Waals surface area contributed by atoms with Gasteiger partial charge in [-0.15, -0.1) is 11.6 Å². The predicted molar refractivity (Wildman–Crippen MR) is 62.9 cm³/mol. The molecule has 0 unspecified atom stereocenters. The van der Waals surface area contributed by atoms with Gasteiger partial charge in [0.25, 0.3) is 0 Å². The molecule has 15 heavy (non-hydrogen) atoms. The molecule has 0 spiro atoms. The van der Waals surface area contributed by atoms with Crippen molar-refractivity contribution in [3.8, 4) is 5.69 Å². The lowest BCUT2D eigenvalue weighted by atomic mass is 10.2. The summed E-state index contributed by atoms with van der Waals surface area (Å²) in [6, 6.07) is 5.80. The van der Waals surface area contributed by atoms with Gasteiger partial charge in [-0.3, -0.25) is 0 Å². The minimum Gasteiger partial charge on any atom is -0.306 e. The van der Waals surface area contributed by atoms with Crippen molar-refractivity contribution >= 4 is 23.2 Å². The summed E-state index contributed by atoms with van der Waals surface area (Å²) < 4.78 is 1.93. The van der Waals surface area contributed by atoms with Crippen LogP contribution in [0.2, 0.25) is 5.02 Å². The molecule has 0 bridgehead atoms. The van der Waals surface area contributed by atoms with Gasteiger partial charge in [-0.25, -0.2) is 4.98 Å². The second kappa shape index (κ2) is 4.25. The van der Waals surface area contributed by atoms with Gasteiger partial charge in [-0.05, 0) is 24.6 Å². The molecule has 0 fully saturated rings. The summed E-state index contributed by atoms with van der Waals surface area (Å²) in [5.74, 6) is 0.423. The molecular formula is C11H10Cl2N2. The molecule has 0 atom stereocenters. The van der Waals surface area contributed by atoms with Crippen molar-refractivity contribution in [1.29, 1.82) is 0 Å². The molecule has 0 aliphatic carbocycles. The predicted octanol–water partition coefficient (Wildman–Crippen LogP) is 3.57. The average molecular weight is 241 g/mol. The van der Waals surface area contributed by atoms with Crippen LogP contribution in [-0.2, 0) is 5.88 Å². The molecule has 1 heterocycles. The van der Waals surface area contributed by atoms with Crippen LogP contribution in [0.15, 0.2) is 30.7 Å². The number of rotatable bonds is 2. The third-order valence-corrected chi connectivity index (χ3v) is 2.97. The highest BCUT2D eigenvalue weighted by molar-refractivity contribution is 6.31. The fourth-order valence-corrected chi connectivity index (χ4v) is 1.75. The number of hydrogen-bond donors (Lipinski definition) is 0. The molecular weight excluding hydrogens is 231 g/mol. The fourth-order valence-electron chi connectivity index (χ4n) is 1.44. The molecule has 78 valence electrons. The first-order chi connectivity index (χ1) is 7.22. The van der Waals surface area contributed by atoms with Crippen molar-refractivity contribution in [3.63, 3.8) is 0 Å². The first-order valence-electron chi connectivity index (χ1n) is 4.56. The third kappa shape index (κ3) is 2.01. The first kappa shape index (κ1) is 10.5. The minimum absolute atomic E-state index is 0.423. The Morgan fingerprint density at radius 1 is 1.40 bits per heavy atom. The second-order valence-electron chi connectivity index (χ2n) is 3.29. The molecule has 0 aliphatic heterocycles. The smallest absolute Gasteiger partial charge is 0.0995 e. The highest BCUT2D eigenvalue weighted by atomic mass is 35.5. The molecule has 0 amide bonds. The number of halogens is 2. The summed E-state index contributed by atoms with van der Waals surface area (Å²) in [7, 11) is 0. The van der Waals surface area contributed by atoms with Crippen molar-refractivity contribution in [2.24, 2.45) is 0 Å². The summed E-state index contributed by atoms with van der Waals surface area (Å²) >= 11 is 11.7. The van der Waals surface area contributed by atoms with Crippen LogP contribution in [0.1, 0.15) is 11.3 Å². The maximum absolute atomic E-state index is 6.04. The molecule has 0 aliphatic rings. The molecule has 2 nitrogen and oxygen atoms in total. The van der Waals surface area contributed by atoms with Crippen molar-refractivity contribution < 1.29 is 0 Å². The van der Waals surface area contributed by atoms with Crippen LogP contribution in [0, 0.1) is 6.92 Å². The van der Waals surface area contributed by atoms with Gasteiger partial charge >= 0.3 is 0 Å². The van der Waals surface area contributed by atoms with Gasteiger partial charge in [0.05, 0.1) is 23.6 Å². The number of alkyl halides is 1.